The van der Waals surface area contributed by atoms with Crippen molar-refractivity contribution in [2.24, 2.45) is 0 Å². The highest BCUT2D eigenvalue weighted by Crippen LogP contribution is 2.29. The highest BCUT2D eigenvalue weighted by atomic mass is 19.1. The maximum atomic E-state index is 14.0. The summed E-state index contributed by atoms with van der Waals surface area (Å²) in [5, 5.41) is 3.87. The number of para-hydroxylation sites is 1. The smallest absolute Gasteiger partial charge is 0.288 e. The summed E-state index contributed by atoms with van der Waals surface area (Å²) < 4.78 is 25.2. The zero-order chi connectivity index (χ0) is 21.8. The lowest BCUT2D eigenvalue weighted by Crippen LogP contribution is -2.29. The Morgan fingerprint density at radius 1 is 1.03 bits per heavy atom. The van der Waals surface area contributed by atoms with Crippen LogP contribution in [0.15, 0.2) is 77.2 Å². The SMILES string of the molecule is CCc1ccc(C(NC(=O)c2oc3ccccc3c2COC)c2cccc(F)c2)cc1. The monoisotopic (exact) mass is 417 g/mol. The number of benzene rings is 3. The molecule has 1 aromatic heterocycles. The van der Waals surface area contributed by atoms with Gasteiger partial charge in [-0.2, -0.15) is 0 Å². The summed E-state index contributed by atoms with van der Waals surface area (Å²) in [4.78, 5) is 13.3. The fraction of sp³-hybridized carbons (Fsp3) is 0.192. The van der Waals surface area contributed by atoms with E-state index >= 15 is 0 Å². The Labute approximate surface area is 180 Å². The van der Waals surface area contributed by atoms with Crippen molar-refractivity contribution >= 4 is 16.9 Å². The second kappa shape index (κ2) is 9.14. The van der Waals surface area contributed by atoms with Crippen molar-refractivity contribution in [3.8, 4) is 0 Å². The predicted octanol–water partition coefficient (Wildman–Crippen LogP) is 5.80. The highest BCUT2D eigenvalue weighted by Gasteiger charge is 2.24. The molecule has 0 saturated carbocycles. The number of aryl methyl sites for hydroxylation is 1. The summed E-state index contributed by atoms with van der Waals surface area (Å²) in [5.74, 6) is -0.530. The van der Waals surface area contributed by atoms with E-state index in [4.69, 9.17) is 9.15 Å². The van der Waals surface area contributed by atoms with Crippen LogP contribution < -0.4 is 5.32 Å². The van der Waals surface area contributed by atoms with E-state index in [-0.39, 0.29) is 24.1 Å². The quantitative estimate of drug-likeness (QED) is 0.413. The topological polar surface area (TPSA) is 51.5 Å². The Morgan fingerprint density at radius 2 is 1.81 bits per heavy atom. The molecule has 1 heterocycles. The number of ether oxygens (including phenoxy) is 1. The van der Waals surface area contributed by atoms with Crippen LogP contribution >= 0.6 is 0 Å². The summed E-state index contributed by atoms with van der Waals surface area (Å²) in [7, 11) is 1.58. The molecule has 4 nitrogen and oxygen atoms in total. The number of rotatable bonds is 7. The van der Waals surface area contributed by atoms with Crippen molar-refractivity contribution in [1.29, 1.82) is 0 Å². The van der Waals surface area contributed by atoms with E-state index in [1.807, 2.05) is 48.5 Å². The van der Waals surface area contributed by atoms with Crippen LogP contribution in [0.5, 0.6) is 0 Å². The summed E-state index contributed by atoms with van der Waals surface area (Å²) in [6, 6.07) is 21.2. The van der Waals surface area contributed by atoms with Gasteiger partial charge in [0.1, 0.15) is 11.4 Å². The van der Waals surface area contributed by atoms with E-state index in [1.165, 1.54) is 17.7 Å². The Kier molecular flexibility index (Phi) is 6.14. The largest absolute Gasteiger partial charge is 0.451 e. The minimum absolute atomic E-state index is 0.203. The van der Waals surface area contributed by atoms with Crippen LogP contribution in [-0.2, 0) is 17.8 Å². The molecule has 0 bridgehead atoms. The van der Waals surface area contributed by atoms with Gasteiger partial charge in [0.2, 0.25) is 0 Å². The first-order valence-corrected chi connectivity index (χ1v) is 10.2. The number of amides is 1. The van der Waals surface area contributed by atoms with Crippen molar-refractivity contribution < 1.29 is 18.3 Å². The predicted molar refractivity (Wildman–Crippen MR) is 118 cm³/mol. The van der Waals surface area contributed by atoms with Crippen molar-refractivity contribution in [1.82, 2.24) is 5.32 Å². The van der Waals surface area contributed by atoms with Gasteiger partial charge in [0.05, 0.1) is 12.6 Å². The van der Waals surface area contributed by atoms with Crippen LogP contribution in [0.1, 0.15) is 45.8 Å². The number of hydrogen-bond acceptors (Lipinski definition) is 3. The molecule has 158 valence electrons. The van der Waals surface area contributed by atoms with Gasteiger partial charge < -0.3 is 14.5 Å². The number of hydrogen-bond donors (Lipinski definition) is 1. The van der Waals surface area contributed by atoms with E-state index in [0.717, 1.165) is 17.4 Å². The molecule has 0 radical (unpaired) electrons. The van der Waals surface area contributed by atoms with Crippen LogP contribution in [0.25, 0.3) is 11.0 Å². The number of halogens is 1. The molecular formula is C26H24FNO3. The third kappa shape index (κ3) is 4.37. The number of nitrogens with one attached hydrogen (secondary N) is 1. The van der Waals surface area contributed by atoms with Gasteiger partial charge in [0.15, 0.2) is 5.76 Å². The highest BCUT2D eigenvalue weighted by molar-refractivity contribution is 5.99. The second-order valence-electron chi connectivity index (χ2n) is 7.40. The number of carbonyl (C=O) groups is 1. The molecule has 1 unspecified atom stereocenters. The van der Waals surface area contributed by atoms with Crippen LogP contribution in [0.4, 0.5) is 4.39 Å². The molecule has 31 heavy (non-hydrogen) atoms. The Hall–Kier alpha value is -3.44. The molecule has 0 saturated heterocycles. The summed E-state index contributed by atoms with van der Waals surface area (Å²) >= 11 is 0. The number of fused-ring (bicyclic) bond motifs is 1. The Bertz CT molecular complexity index is 1200. The normalized spacial score (nSPS) is 12.1. The summed E-state index contributed by atoms with van der Waals surface area (Å²) in [5.41, 5.74) is 4.01. The first kappa shape index (κ1) is 20.8. The lowest BCUT2D eigenvalue weighted by atomic mass is 9.97. The first-order valence-electron chi connectivity index (χ1n) is 10.2. The van der Waals surface area contributed by atoms with E-state index in [1.54, 1.807) is 19.2 Å². The van der Waals surface area contributed by atoms with Gasteiger partial charge in [0.25, 0.3) is 5.91 Å². The molecule has 0 aliphatic rings. The number of furan rings is 1. The molecule has 5 heteroatoms. The van der Waals surface area contributed by atoms with E-state index < -0.39 is 6.04 Å². The zero-order valence-corrected chi connectivity index (χ0v) is 17.5. The van der Waals surface area contributed by atoms with Gasteiger partial charge in [-0.25, -0.2) is 4.39 Å². The molecule has 0 fully saturated rings. The van der Waals surface area contributed by atoms with Gasteiger partial charge in [-0.1, -0.05) is 61.5 Å². The molecule has 3 aromatic carbocycles. The fourth-order valence-electron chi connectivity index (χ4n) is 3.76. The molecule has 4 rings (SSSR count). The van der Waals surface area contributed by atoms with Gasteiger partial charge in [-0.05, 0) is 41.3 Å². The average Bonchev–Trinajstić information content (AvgIpc) is 3.16. The molecule has 1 amide bonds. The zero-order valence-electron chi connectivity index (χ0n) is 17.5. The van der Waals surface area contributed by atoms with Crippen LogP contribution in [-0.4, -0.2) is 13.0 Å². The molecular weight excluding hydrogens is 393 g/mol. The number of methoxy groups -OCH3 is 1. The van der Waals surface area contributed by atoms with E-state index in [2.05, 4.69) is 12.2 Å². The molecule has 4 aromatic rings. The minimum atomic E-state index is -0.530. The third-order valence-corrected chi connectivity index (χ3v) is 5.37. The van der Waals surface area contributed by atoms with Crippen molar-refractivity contribution in [2.45, 2.75) is 26.0 Å². The second-order valence-corrected chi connectivity index (χ2v) is 7.40. The number of carbonyl (C=O) groups excluding carboxylic acids is 1. The van der Waals surface area contributed by atoms with E-state index in [9.17, 15) is 9.18 Å². The molecule has 1 atom stereocenters. The summed E-state index contributed by atoms with van der Waals surface area (Å²) in [6.45, 7) is 2.33. The molecule has 0 aliphatic heterocycles. The molecule has 1 N–H and O–H groups in total. The van der Waals surface area contributed by atoms with Gasteiger partial charge >= 0.3 is 0 Å². The Balaban J connectivity index is 1.74. The summed E-state index contributed by atoms with van der Waals surface area (Å²) in [6.07, 6.45) is 0.913. The first-order chi connectivity index (χ1) is 15.1. The van der Waals surface area contributed by atoms with Gasteiger partial charge in [-0.15, -0.1) is 0 Å². The standard InChI is InChI=1S/C26H24FNO3/c1-3-17-11-13-18(14-12-17)24(19-7-6-8-20(27)15-19)28-26(29)25-22(16-30-2)21-9-4-5-10-23(21)31-25/h4-15,24H,3,16H2,1-2H3,(H,28,29). The van der Waals surface area contributed by atoms with Crippen LogP contribution in [0.2, 0.25) is 0 Å². The third-order valence-electron chi connectivity index (χ3n) is 5.37. The van der Waals surface area contributed by atoms with Crippen molar-refractivity contribution in [3.63, 3.8) is 0 Å². The average molecular weight is 417 g/mol. The van der Waals surface area contributed by atoms with Gasteiger partial charge in [-0.3, -0.25) is 4.79 Å². The molecule has 0 spiro atoms. The van der Waals surface area contributed by atoms with Crippen molar-refractivity contribution in [3.05, 3.63) is 107 Å². The Morgan fingerprint density at radius 3 is 2.52 bits per heavy atom. The maximum Gasteiger partial charge on any atom is 0.288 e. The van der Waals surface area contributed by atoms with Crippen LogP contribution in [0.3, 0.4) is 0 Å². The maximum absolute atomic E-state index is 14.0. The van der Waals surface area contributed by atoms with Crippen molar-refractivity contribution in [2.75, 3.05) is 7.11 Å². The fourth-order valence-corrected chi connectivity index (χ4v) is 3.76. The van der Waals surface area contributed by atoms with Crippen LogP contribution in [0, 0.1) is 5.82 Å². The lowest BCUT2D eigenvalue weighted by molar-refractivity contribution is 0.0910. The minimum Gasteiger partial charge on any atom is -0.451 e. The lowest BCUT2D eigenvalue weighted by Gasteiger charge is -2.20. The van der Waals surface area contributed by atoms with E-state index in [0.29, 0.717) is 16.7 Å². The molecule has 0 aliphatic carbocycles. The van der Waals surface area contributed by atoms with Gasteiger partial charge in [0, 0.05) is 18.1 Å².